The number of methoxy groups -OCH3 is 1. The first-order chi connectivity index (χ1) is 10.2. The second kappa shape index (κ2) is 8.55. The van der Waals surface area contributed by atoms with Crippen LogP contribution in [0, 0.1) is 5.41 Å². The normalized spacial score (nSPS) is 19.2. The third-order valence-corrected chi connectivity index (χ3v) is 6.58. The molecular weight excluding hydrogens is 330 g/mol. The molecule has 0 radical (unpaired) electrons. The molecule has 1 fully saturated rings. The van der Waals surface area contributed by atoms with Gasteiger partial charge in [-0.2, -0.15) is 0 Å². The van der Waals surface area contributed by atoms with Crippen molar-refractivity contribution in [1.82, 2.24) is 14.8 Å². The standard InChI is InChI=1S/C12H27N3O5S2/c1-3-21(16,17)14-8-9-22(18,19)15-10-12(11-20-2)4-6-13-7-5-12/h13-15H,3-11H2,1-2H3. The molecular formula is C12H27N3O5S2. The van der Waals surface area contributed by atoms with Crippen molar-refractivity contribution < 1.29 is 21.6 Å². The van der Waals surface area contributed by atoms with Crippen molar-refractivity contribution in [3.05, 3.63) is 0 Å². The average Bonchev–Trinajstić information content (AvgIpc) is 2.46. The summed E-state index contributed by atoms with van der Waals surface area (Å²) >= 11 is 0. The monoisotopic (exact) mass is 357 g/mol. The zero-order valence-corrected chi connectivity index (χ0v) is 14.9. The van der Waals surface area contributed by atoms with E-state index in [2.05, 4.69) is 14.8 Å². The van der Waals surface area contributed by atoms with E-state index in [9.17, 15) is 16.8 Å². The molecule has 0 atom stereocenters. The molecule has 0 aliphatic carbocycles. The molecule has 1 saturated heterocycles. The molecule has 0 bridgehead atoms. The lowest BCUT2D eigenvalue weighted by molar-refractivity contribution is 0.0577. The summed E-state index contributed by atoms with van der Waals surface area (Å²) in [6.45, 7) is 3.86. The largest absolute Gasteiger partial charge is 0.384 e. The van der Waals surface area contributed by atoms with Crippen LogP contribution in [0.1, 0.15) is 19.8 Å². The number of sulfonamides is 2. The van der Waals surface area contributed by atoms with Crippen molar-refractivity contribution in [3.8, 4) is 0 Å². The molecule has 0 aromatic carbocycles. The Morgan fingerprint density at radius 1 is 1.09 bits per heavy atom. The minimum absolute atomic E-state index is 0.0651. The van der Waals surface area contributed by atoms with Crippen LogP contribution in [-0.4, -0.2) is 68.2 Å². The molecule has 0 spiro atoms. The first-order valence-corrected chi connectivity index (χ1v) is 10.7. The van der Waals surface area contributed by atoms with Gasteiger partial charge in [0.2, 0.25) is 20.0 Å². The zero-order valence-electron chi connectivity index (χ0n) is 13.2. The lowest BCUT2D eigenvalue weighted by atomic mass is 9.80. The molecule has 132 valence electrons. The maximum Gasteiger partial charge on any atom is 0.212 e. The quantitative estimate of drug-likeness (QED) is 0.455. The topological polar surface area (TPSA) is 114 Å². The second-order valence-electron chi connectivity index (χ2n) is 5.62. The Morgan fingerprint density at radius 2 is 1.73 bits per heavy atom. The molecule has 10 heteroatoms. The van der Waals surface area contributed by atoms with E-state index in [1.165, 1.54) is 6.92 Å². The lowest BCUT2D eigenvalue weighted by Gasteiger charge is -2.37. The number of nitrogens with one attached hydrogen (secondary N) is 3. The first kappa shape index (κ1) is 19.8. The van der Waals surface area contributed by atoms with Crippen LogP contribution in [0.25, 0.3) is 0 Å². The van der Waals surface area contributed by atoms with Crippen LogP contribution in [0.5, 0.6) is 0 Å². The number of hydrogen-bond acceptors (Lipinski definition) is 6. The fourth-order valence-electron chi connectivity index (χ4n) is 2.40. The average molecular weight is 357 g/mol. The van der Waals surface area contributed by atoms with E-state index in [4.69, 9.17) is 4.74 Å². The molecule has 0 aromatic heterocycles. The molecule has 0 unspecified atom stereocenters. The van der Waals surface area contributed by atoms with Gasteiger partial charge in [-0.25, -0.2) is 26.3 Å². The van der Waals surface area contributed by atoms with Gasteiger partial charge in [-0.05, 0) is 32.9 Å². The first-order valence-electron chi connectivity index (χ1n) is 7.38. The Morgan fingerprint density at radius 3 is 2.27 bits per heavy atom. The Kier molecular flexibility index (Phi) is 7.69. The van der Waals surface area contributed by atoms with E-state index in [0.717, 1.165) is 25.9 Å². The van der Waals surface area contributed by atoms with Crippen LogP contribution in [-0.2, 0) is 24.8 Å². The van der Waals surface area contributed by atoms with Crippen molar-refractivity contribution in [1.29, 1.82) is 0 Å². The molecule has 0 aromatic rings. The molecule has 1 heterocycles. The van der Waals surface area contributed by atoms with Crippen LogP contribution < -0.4 is 14.8 Å². The maximum absolute atomic E-state index is 12.0. The summed E-state index contributed by atoms with van der Waals surface area (Å²) in [5.74, 6) is -0.335. The lowest BCUT2D eigenvalue weighted by Crippen LogP contribution is -2.48. The molecule has 0 amide bonds. The Hall–Kier alpha value is -0.260. The van der Waals surface area contributed by atoms with Gasteiger partial charge in [0.05, 0.1) is 18.1 Å². The zero-order chi connectivity index (χ0) is 16.7. The minimum Gasteiger partial charge on any atom is -0.384 e. The van der Waals surface area contributed by atoms with Gasteiger partial charge < -0.3 is 10.1 Å². The van der Waals surface area contributed by atoms with Crippen molar-refractivity contribution in [2.45, 2.75) is 19.8 Å². The van der Waals surface area contributed by atoms with Gasteiger partial charge in [-0.1, -0.05) is 0 Å². The molecule has 3 N–H and O–H groups in total. The highest BCUT2D eigenvalue weighted by molar-refractivity contribution is 7.90. The van der Waals surface area contributed by atoms with Gasteiger partial charge in [0.25, 0.3) is 0 Å². The van der Waals surface area contributed by atoms with Crippen molar-refractivity contribution in [3.63, 3.8) is 0 Å². The van der Waals surface area contributed by atoms with Crippen LogP contribution in [0.2, 0.25) is 0 Å². The van der Waals surface area contributed by atoms with E-state index in [-0.39, 0.29) is 23.5 Å². The van der Waals surface area contributed by atoms with Gasteiger partial charge in [0.1, 0.15) is 0 Å². The van der Waals surface area contributed by atoms with E-state index in [1.807, 2.05) is 0 Å². The predicted molar refractivity (Wildman–Crippen MR) is 85.7 cm³/mol. The second-order valence-corrected chi connectivity index (χ2v) is 9.64. The Balaban J connectivity index is 2.49. The molecule has 0 saturated carbocycles. The van der Waals surface area contributed by atoms with Crippen LogP contribution >= 0.6 is 0 Å². The third kappa shape index (κ3) is 6.88. The number of piperidine rings is 1. The van der Waals surface area contributed by atoms with Crippen molar-refractivity contribution in [2.24, 2.45) is 5.41 Å². The highest BCUT2D eigenvalue weighted by Gasteiger charge is 2.33. The summed E-state index contributed by atoms with van der Waals surface area (Å²) in [4.78, 5) is 0. The predicted octanol–water partition coefficient (Wildman–Crippen LogP) is -1.14. The molecule has 1 aliphatic rings. The summed E-state index contributed by atoms with van der Waals surface area (Å²) in [6.07, 6.45) is 1.68. The Labute approximate surface area is 133 Å². The Bertz CT molecular complexity index is 521. The van der Waals surface area contributed by atoms with Gasteiger partial charge in [-0.15, -0.1) is 0 Å². The van der Waals surface area contributed by atoms with Crippen molar-refractivity contribution >= 4 is 20.0 Å². The van der Waals surface area contributed by atoms with Gasteiger partial charge in [-0.3, -0.25) is 0 Å². The molecule has 22 heavy (non-hydrogen) atoms. The fourth-order valence-corrected chi connectivity index (χ4v) is 4.19. The van der Waals surface area contributed by atoms with E-state index in [1.54, 1.807) is 7.11 Å². The highest BCUT2D eigenvalue weighted by Crippen LogP contribution is 2.28. The summed E-state index contributed by atoms with van der Waals surface area (Å²) in [5, 5.41) is 3.24. The van der Waals surface area contributed by atoms with Gasteiger partial charge in [0, 0.05) is 25.6 Å². The summed E-state index contributed by atoms with van der Waals surface area (Å²) in [7, 11) is -5.28. The highest BCUT2D eigenvalue weighted by atomic mass is 32.2. The third-order valence-electron chi connectivity index (χ3n) is 3.85. The summed E-state index contributed by atoms with van der Waals surface area (Å²) in [6, 6.07) is 0. The summed E-state index contributed by atoms with van der Waals surface area (Å²) in [5.41, 5.74) is -0.198. The fraction of sp³-hybridized carbons (Fsp3) is 1.00. The number of rotatable bonds is 10. The van der Waals surface area contributed by atoms with Crippen LogP contribution in [0.4, 0.5) is 0 Å². The van der Waals surface area contributed by atoms with Gasteiger partial charge >= 0.3 is 0 Å². The van der Waals surface area contributed by atoms with E-state index < -0.39 is 20.0 Å². The number of ether oxygens (including phenoxy) is 1. The number of hydrogen-bond donors (Lipinski definition) is 3. The maximum atomic E-state index is 12.0. The van der Waals surface area contributed by atoms with Crippen LogP contribution in [0.3, 0.4) is 0 Å². The van der Waals surface area contributed by atoms with Crippen LogP contribution in [0.15, 0.2) is 0 Å². The molecule has 8 nitrogen and oxygen atoms in total. The SMILES string of the molecule is CCS(=O)(=O)NCCS(=O)(=O)NCC1(COC)CCNCC1. The smallest absolute Gasteiger partial charge is 0.212 e. The van der Waals surface area contributed by atoms with E-state index in [0.29, 0.717) is 13.2 Å². The summed E-state index contributed by atoms with van der Waals surface area (Å²) < 4.78 is 56.6. The molecule has 1 aliphatic heterocycles. The minimum atomic E-state index is -3.52. The van der Waals surface area contributed by atoms with E-state index >= 15 is 0 Å². The molecule has 1 rings (SSSR count). The van der Waals surface area contributed by atoms with Gasteiger partial charge in [0.15, 0.2) is 0 Å². The van der Waals surface area contributed by atoms with Crippen molar-refractivity contribution in [2.75, 3.05) is 51.4 Å².